The molecule has 1 fully saturated rings. The van der Waals surface area contributed by atoms with Crippen molar-refractivity contribution >= 4 is 28.3 Å². The summed E-state index contributed by atoms with van der Waals surface area (Å²) in [7, 11) is 0. The van der Waals surface area contributed by atoms with Crippen molar-refractivity contribution in [2.75, 3.05) is 0 Å². The zero-order valence-electron chi connectivity index (χ0n) is 9.84. The molecular formula is C15H15BrClN. The molecule has 0 saturated heterocycles. The first-order valence-corrected chi connectivity index (χ1v) is 6.59. The van der Waals surface area contributed by atoms with Crippen LogP contribution >= 0.6 is 28.3 Å². The lowest BCUT2D eigenvalue weighted by Crippen LogP contribution is -2.21. The fourth-order valence-electron chi connectivity index (χ4n) is 2.46. The molecular weight excluding hydrogens is 310 g/mol. The van der Waals surface area contributed by atoms with Gasteiger partial charge >= 0.3 is 0 Å². The summed E-state index contributed by atoms with van der Waals surface area (Å²) < 4.78 is 1.12. The van der Waals surface area contributed by atoms with E-state index in [-0.39, 0.29) is 17.9 Å². The molecule has 0 amide bonds. The van der Waals surface area contributed by atoms with E-state index in [1.54, 1.807) is 0 Å². The van der Waals surface area contributed by atoms with Crippen LogP contribution < -0.4 is 5.73 Å². The third-order valence-electron chi connectivity index (χ3n) is 3.59. The van der Waals surface area contributed by atoms with Gasteiger partial charge in [0.05, 0.1) is 0 Å². The Balaban J connectivity index is 0.00000120. The highest BCUT2D eigenvalue weighted by Crippen LogP contribution is 2.56. The molecule has 1 aliphatic carbocycles. The second kappa shape index (κ2) is 5.04. The number of hydrogen-bond acceptors (Lipinski definition) is 1. The Hall–Kier alpha value is -0.830. The molecule has 1 saturated carbocycles. The van der Waals surface area contributed by atoms with Gasteiger partial charge in [0.1, 0.15) is 0 Å². The van der Waals surface area contributed by atoms with Gasteiger partial charge in [0, 0.05) is 15.9 Å². The first-order chi connectivity index (χ1) is 8.20. The molecule has 0 radical (unpaired) electrons. The van der Waals surface area contributed by atoms with Crippen molar-refractivity contribution < 1.29 is 0 Å². The van der Waals surface area contributed by atoms with E-state index in [2.05, 4.69) is 64.5 Å². The number of benzene rings is 2. The van der Waals surface area contributed by atoms with E-state index in [0.29, 0.717) is 5.92 Å². The molecule has 18 heavy (non-hydrogen) atoms. The minimum absolute atomic E-state index is 0. The predicted octanol–water partition coefficient (Wildman–Crippen LogP) is 4.21. The Morgan fingerprint density at radius 2 is 1.61 bits per heavy atom. The molecule has 0 bridgehead atoms. The average Bonchev–Trinajstić information content (AvgIpc) is 3.05. The molecule has 2 aromatic carbocycles. The van der Waals surface area contributed by atoms with Gasteiger partial charge in [-0.3, -0.25) is 0 Å². The fourth-order valence-corrected chi connectivity index (χ4v) is 2.72. The van der Waals surface area contributed by atoms with Crippen molar-refractivity contribution in [1.29, 1.82) is 0 Å². The maximum Gasteiger partial charge on any atom is 0.0486 e. The van der Waals surface area contributed by atoms with Gasteiger partial charge < -0.3 is 5.73 Å². The van der Waals surface area contributed by atoms with E-state index in [4.69, 9.17) is 5.73 Å². The van der Waals surface area contributed by atoms with E-state index >= 15 is 0 Å². The van der Waals surface area contributed by atoms with Gasteiger partial charge in [0.25, 0.3) is 0 Å². The second-order valence-electron chi connectivity index (χ2n) is 4.71. The Morgan fingerprint density at radius 1 is 1.00 bits per heavy atom. The summed E-state index contributed by atoms with van der Waals surface area (Å²) in [6, 6.07) is 18.9. The van der Waals surface area contributed by atoms with E-state index < -0.39 is 0 Å². The van der Waals surface area contributed by atoms with Gasteiger partial charge in [-0.25, -0.2) is 0 Å². The lowest BCUT2D eigenvalue weighted by Gasteiger charge is -2.12. The van der Waals surface area contributed by atoms with Crippen LogP contribution in [0.25, 0.3) is 0 Å². The number of halogens is 2. The minimum atomic E-state index is -0.158. The summed E-state index contributed by atoms with van der Waals surface area (Å²) >= 11 is 3.46. The summed E-state index contributed by atoms with van der Waals surface area (Å²) in [4.78, 5) is 0. The third kappa shape index (κ3) is 2.33. The van der Waals surface area contributed by atoms with Crippen molar-refractivity contribution in [2.45, 2.75) is 17.9 Å². The first-order valence-electron chi connectivity index (χ1n) is 5.80. The highest BCUT2D eigenvalue weighted by molar-refractivity contribution is 9.10. The van der Waals surface area contributed by atoms with Crippen molar-refractivity contribution in [3.8, 4) is 0 Å². The van der Waals surface area contributed by atoms with Crippen LogP contribution in [0.15, 0.2) is 59.1 Å². The normalized spacial score (nSPS) is 25.3. The molecule has 2 N–H and O–H groups in total. The van der Waals surface area contributed by atoms with Gasteiger partial charge in [0.15, 0.2) is 0 Å². The van der Waals surface area contributed by atoms with E-state index in [1.165, 1.54) is 11.1 Å². The topological polar surface area (TPSA) is 26.0 Å². The molecule has 0 spiro atoms. The number of nitrogens with two attached hydrogens (primary N) is 1. The van der Waals surface area contributed by atoms with Crippen LogP contribution in [0.3, 0.4) is 0 Å². The van der Waals surface area contributed by atoms with Crippen LogP contribution in [-0.4, -0.2) is 0 Å². The maximum absolute atomic E-state index is 6.47. The molecule has 2 aromatic rings. The monoisotopic (exact) mass is 323 g/mol. The van der Waals surface area contributed by atoms with Crippen molar-refractivity contribution in [1.82, 2.24) is 0 Å². The third-order valence-corrected chi connectivity index (χ3v) is 4.12. The first kappa shape index (κ1) is 13.6. The standard InChI is InChI=1S/C15H14BrN.ClH/c16-13-8-6-11(7-9-13)14-10-15(14,17)12-4-2-1-3-5-12;/h1-9,14H,10,17H2;1H/t14-,15-;/m1./s1. The minimum Gasteiger partial charge on any atom is -0.321 e. The van der Waals surface area contributed by atoms with Crippen LogP contribution in [0.5, 0.6) is 0 Å². The molecule has 94 valence electrons. The predicted molar refractivity (Wildman–Crippen MR) is 81.1 cm³/mol. The largest absolute Gasteiger partial charge is 0.321 e. The lowest BCUT2D eigenvalue weighted by atomic mass is 10.00. The van der Waals surface area contributed by atoms with E-state index in [9.17, 15) is 0 Å². The Bertz CT molecular complexity index is 526. The number of hydrogen-bond donors (Lipinski definition) is 1. The molecule has 0 unspecified atom stereocenters. The quantitative estimate of drug-likeness (QED) is 0.879. The van der Waals surface area contributed by atoms with Crippen LogP contribution in [0.2, 0.25) is 0 Å². The molecule has 3 rings (SSSR count). The molecule has 1 aliphatic rings. The van der Waals surface area contributed by atoms with Gasteiger partial charge in [-0.1, -0.05) is 58.4 Å². The van der Waals surface area contributed by atoms with Gasteiger partial charge in [-0.2, -0.15) is 0 Å². The summed E-state index contributed by atoms with van der Waals surface area (Å²) in [6.45, 7) is 0. The summed E-state index contributed by atoms with van der Waals surface area (Å²) in [5.74, 6) is 0.456. The molecule has 0 heterocycles. The lowest BCUT2D eigenvalue weighted by molar-refractivity contribution is 0.706. The van der Waals surface area contributed by atoms with Crippen LogP contribution in [-0.2, 0) is 5.54 Å². The zero-order chi connectivity index (χ0) is 11.9. The second-order valence-corrected chi connectivity index (χ2v) is 5.63. The average molecular weight is 325 g/mol. The van der Waals surface area contributed by atoms with Crippen LogP contribution in [0.1, 0.15) is 23.5 Å². The summed E-state index contributed by atoms with van der Waals surface area (Å²) in [6.07, 6.45) is 1.04. The smallest absolute Gasteiger partial charge is 0.0486 e. The SMILES string of the molecule is Cl.N[C@@]1(c2ccccc2)C[C@@H]1c1ccc(Br)cc1. The van der Waals surface area contributed by atoms with Gasteiger partial charge in [0.2, 0.25) is 0 Å². The molecule has 2 atom stereocenters. The summed E-state index contributed by atoms with van der Waals surface area (Å²) in [5, 5.41) is 0. The van der Waals surface area contributed by atoms with Gasteiger partial charge in [-0.15, -0.1) is 12.4 Å². The molecule has 3 heteroatoms. The zero-order valence-corrected chi connectivity index (χ0v) is 12.2. The summed E-state index contributed by atoms with van der Waals surface area (Å²) in [5.41, 5.74) is 8.89. The maximum atomic E-state index is 6.47. The highest BCUT2D eigenvalue weighted by atomic mass is 79.9. The van der Waals surface area contributed by atoms with Crippen LogP contribution in [0, 0.1) is 0 Å². The van der Waals surface area contributed by atoms with Crippen LogP contribution in [0.4, 0.5) is 0 Å². The molecule has 0 aliphatic heterocycles. The Morgan fingerprint density at radius 3 is 2.22 bits per heavy atom. The highest BCUT2D eigenvalue weighted by Gasteiger charge is 2.52. The Labute approximate surface area is 122 Å². The van der Waals surface area contributed by atoms with E-state index in [0.717, 1.165) is 10.9 Å². The number of rotatable bonds is 2. The fraction of sp³-hybridized carbons (Fsp3) is 0.200. The van der Waals surface area contributed by atoms with Crippen molar-refractivity contribution in [3.05, 3.63) is 70.2 Å². The Kier molecular flexibility index (Phi) is 3.81. The molecule has 0 aromatic heterocycles. The van der Waals surface area contributed by atoms with Crippen molar-refractivity contribution in [2.24, 2.45) is 5.73 Å². The van der Waals surface area contributed by atoms with Crippen molar-refractivity contribution in [3.63, 3.8) is 0 Å². The van der Waals surface area contributed by atoms with E-state index in [1.807, 2.05) is 6.07 Å². The molecule has 1 nitrogen and oxygen atoms in total. The van der Waals surface area contributed by atoms with Gasteiger partial charge in [-0.05, 0) is 29.7 Å².